The summed E-state index contributed by atoms with van der Waals surface area (Å²) in [6, 6.07) is 7.51. The molecule has 0 aromatic heterocycles. The molecule has 0 saturated heterocycles. The summed E-state index contributed by atoms with van der Waals surface area (Å²) in [5, 5.41) is 0. The second-order valence-corrected chi connectivity index (χ2v) is 2.65. The number of anilines is 1. The van der Waals surface area contributed by atoms with E-state index in [9.17, 15) is 4.79 Å². The molecule has 0 heterocycles. The van der Waals surface area contributed by atoms with Crippen LogP contribution in [-0.4, -0.2) is 5.91 Å². The molecule has 1 rings (SSSR count). The molecule has 1 aromatic carbocycles. The summed E-state index contributed by atoms with van der Waals surface area (Å²) in [4.78, 5) is 10.8. The van der Waals surface area contributed by atoms with E-state index < -0.39 is 0 Å². The third-order valence-corrected chi connectivity index (χ3v) is 1.64. The molecule has 14 heavy (non-hydrogen) atoms. The van der Waals surface area contributed by atoms with Gasteiger partial charge < -0.3 is 0 Å². The maximum absolute atomic E-state index is 10.8. The Morgan fingerprint density at radius 1 is 1.36 bits per heavy atom. The summed E-state index contributed by atoms with van der Waals surface area (Å²) in [6.45, 7) is 6.99. The van der Waals surface area contributed by atoms with Gasteiger partial charge in [-0.2, -0.15) is 0 Å². The molecule has 2 N–H and O–H groups in total. The van der Waals surface area contributed by atoms with Crippen molar-refractivity contribution in [2.24, 2.45) is 0 Å². The van der Waals surface area contributed by atoms with Gasteiger partial charge in [-0.25, -0.2) is 0 Å². The number of benzene rings is 1. The Morgan fingerprint density at radius 3 is 2.79 bits per heavy atom. The third-order valence-electron chi connectivity index (χ3n) is 1.64. The van der Waals surface area contributed by atoms with Crippen LogP contribution in [0, 0.1) is 0 Å². The maximum atomic E-state index is 10.8. The minimum absolute atomic E-state index is 0.269. The summed E-state index contributed by atoms with van der Waals surface area (Å²) in [5.74, 6) is -0.269. The van der Waals surface area contributed by atoms with Crippen molar-refractivity contribution >= 4 is 17.7 Å². The van der Waals surface area contributed by atoms with Gasteiger partial charge in [-0.15, -0.1) is 0 Å². The predicted octanol–water partition coefficient (Wildman–Crippen LogP) is 1.96. The van der Waals surface area contributed by atoms with Gasteiger partial charge in [0.15, 0.2) is 0 Å². The zero-order valence-electron chi connectivity index (χ0n) is 7.79. The average Bonchev–Trinajstić information content (AvgIpc) is 2.26. The molecule has 0 aliphatic carbocycles. The first kappa shape index (κ1) is 10.1. The lowest BCUT2D eigenvalue weighted by atomic mass is 10.2. The van der Waals surface area contributed by atoms with Crippen LogP contribution < -0.4 is 10.9 Å². The Labute approximate surface area is 83.1 Å². The number of carbonyl (C=O) groups excluding carboxylic acids is 1. The zero-order chi connectivity index (χ0) is 10.4. The van der Waals surface area contributed by atoms with Crippen molar-refractivity contribution in [3.8, 4) is 0 Å². The highest BCUT2D eigenvalue weighted by molar-refractivity contribution is 5.87. The SMILES string of the molecule is C=CC(=O)NNc1cccc(C=C)c1. The van der Waals surface area contributed by atoms with E-state index in [1.54, 1.807) is 6.08 Å². The van der Waals surface area contributed by atoms with E-state index >= 15 is 0 Å². The zero-order valence-corrected chi connectivity index (χ0v) is 7.79. The molecule has 0 bridgehead atoms. The van der Waals surface area contributed by atoms with Gasteiger partial charge in [-0.1, -0.05) is 31.4 Å². The Balaban J connectivity index is 2.62. The van der Waals surface area contributed by atoms with Gasteiger partial charge in [0.1, 0.15) is 0 Å². The molecule has 0 radical (unpaired) electrons. The maximum Gasteiger partial charge on any atom is 0.261 e. The van der Waals surface area contributed by atoms with Gasteiger partial charge in [0.05, 0.1) is 5.69 Å². The van der Waals surface area contributed by atoms with Crippen molar-refractivity contribution in [1.82, 2.24) is 5.43 Å². The molecule has 0 unspecified atom stereocenters. The van der Waals surface area contributed by atoms with Gasteiger partial charge in [-0.3, -0.25) is 15.6 Å². The normalized spacial score (nSPS) is 8.86. The minimum Gasteiger partial charge on any atom is -0.298 e. The van der Waals surface area contributed by atoms with E-state index in [4.69, 9.17) is 0 Å². The fraction of sp³-hybridized carbons (Fsp3) is 0. The fourth-order valence-corrected chi connectivity index (χ4v) is 0.928. The Hall–Kier alpha value is -2.03. The lowest BCUT2D eigenvalue weighted by molar-refractivity contribution is -0.116. The number of nitrogens with one attached hydrogen (secondary N) is 2. The fourth-order valence-electron chi connectivity index (χ4n) is 0.928. The summed E-state index contributed by atoms with van der Waals surface area (Å²) >= 11 is 0. The van der Waals surface area contributed by atoms with Gasteiger partial charge in [-0.05, 0) is 23.8 Å². The standard InChI is InChI=1S/C11H12N2O/c1-3-9-6-5-7-10(8-9)12-13-11(14)4-2/h3-8,12H,1-2H2,(H,13,14). The van der Waals surface area contributed by atoms with Crippen LogP contribution in [0.3, 0.4) is 0 Å². The third kappa shape index (κ3) is 2.79. The topological polar surface area (TPSA) is 41.1 Å². The Kier molecular flexibility index (Phi) is 3.49. The first-order chi connectivity index (χ1) is 6.76. The van der Waals surface area contributed by atoms with Gasteiger partial charge in [0.25, 0.3) is 5.91 Å². The number of rotatable bonds is 4. The monoisotopic (exact) mass is 188 g/mol. The first-order valence-electron chi connectivity index (χ1n) is 4.17. The van der Waals surface area contributed by atoms with Crippen LogP contribution in [0.25, 0.3) is 6.08 Å². The molecule has 0 spiro atoms. The molecule has 0 aliphatic heterocycles. The van der Waals surface area contributed by atoms with E-state index in [1.165, 1.54) is 6.08 Å². The van der Waals surface area contributed by atoms with Crippen LogP contribution in [0.5, 0.6) is 0 Å². The van der Waals surface area contributed by atoms with Crippen molar-refractivity contribution in [3.63, 3.8) is 0 Å². The van der Waals surface area contributed by atoms with Crippen LogP contribution >= 0.6 is 0 Å². The summed E-state index contributed by atoms with van der Waals surface area (Å²) in [7, 11) is 0. The Morgan fingerprint density at radius 2 is 2.14 bits per heavy atom. The molecule has 0 saturated carbocycles. The second kappa shape index (κ2) is 4.87. The van der Waals surface area contributed by atoms with Crippen molar-refractivity contribution in [1.29, 1.82) is 0 Å². The first-order valence-corrected chi connectivity index (χ1v) is 4.17. The van der Waals surface area contributed by atoms with Gasteiger partial charge in [0.2, 0.25) is 0 Å². The van der Waals surface area contributed by atoms with E-state index in [0.29, 0.717) is 0 Å². The van der Waals surface area contributed by atoms with Crippen molar-refractivity contribution in [3.05, 3.63) is 49.1 Å². The van der Waals surface area contributed by atoms with Crippen LogP contribution in [0.2, 0.25) is 0 Å². The predicted molar refractivity (Wildman–Crippen MR) is 58.5 cm³/mol. The van der Waals surface area contributed by atoms with Crippen LogP contribution in [0.4, 0.5) is 5.69 Å². The lowest BCUT2D eigenvalue weighted by Gasteiger charge is -2.06. The summed E-state index contributed by atoms with van der Waals surface area (Å²) in [5.41, 5.74) is 7.00. The molecule has 1 amide bonds. The molecular formula is C11H12N2O. The highest BCUT2D eigenvalue weighted by Crippen LogP contribution is 2.09. The lowest BCUT2D eigenvalue weighted by Crippen LogP contribution is -2.27. The average molecular weight is 188 g/mol. The molecule has 0 aliphatic rings. The van der Waals surface area contributed by atoms with Crippen molar-refractivity contribution in [2.45, 2.75) is 0 Å². The van der Waals surface area contributed by atoms with E-state index in [1.807, 2.05) is 24.3 Å². The Bertz CT molecular complexity index is 358. The molecule has 3 nitrogen and oxygen atoms in total. The van der Waals surface area contributed by atoms with Crippen LogP contribution in [-0.2, 0) is 4.79 Å². The minimum atomic E-state index is -0.269. The summed E-state index contributed by atoms with van der Waals surface area (Å²) in [6.07, 6.45) is 2.94. The van der Waals surface area contributed by atoms with Crippen LogP contribution in [0.1, 0.15) is 5.56 Å². The number of hydrazine groups is 1. The molecular weight excluding hydrogens is 176 g/mol. The van der Waals surface area contributed by atoms with Gasteiger partial charge >= 0.3 is 0 Å². The second-order valence-electron chi connectivity index (χ2n) is 2.65. The molecule has 3 heteroatoms. The quantitative estimate of drug-likeness (QED) is 0.560. The molecule has 1 aromatic rings. The molecule has 0 atom stereocenters. The highest BCUT2D eigenvalue weighted by Gasteiger charge is 1.94. The number of carbonyl (C=O) groups is 1. The molecule has 72 valence electrons. The van der Waals surface area contributed by atoms with E-state index in [0.717, 1.165) is 11.3 Å². The smallest absolute Gasteiger partial charge is 0.261 e. The number of hydrogen-bond donors (Lipinski definition) is 2. The largest absolute Gasteiger partial charge is 0.298 e. The molecule has 0 fully saturated rings. The van der Waals surface area contributed by atoms with E-state index in [-0.39, 0.29) is 5.91 Å². The number of hydrogen-bond acceptors (Lipinski definition) is 2. The van der Waals surface area contributed by atoms with Crippen molar-refractivity contribution < 1.29 is 4.79 Å². The van der Waals surface area contributed by atoms with E-state index in [2.05, 4.69) is 24.0 Å². The van der Waals surface area contributed by atoms with Crippen LogP contribution in [0.15, 0.2) is 43.5 Å². The summed E-state index contributed by atoms with van der Waals surface area (Å²) < 4.78 is 0. The number of amides is 1. The van der Waals surface area contributed by atoms with Gasteiger partial charge in [0, 0.05) is 0 Å². The van der Waals surface area contributed by atoms with Crippen molar-refractivity contribution in [2.75, 3.05) is 5.43 Å². The highest BCUT2D eigenvalue weighted by atomic mass is 16.2.